The largest absolute Gasteiger partial charge is 2.00 e. The number of rotatable bonds is 2. The van der Waals surface area contributed by atoms with Crippen molar-refractivity contribution < 1.29 is 17.1 Å². The zero-order chi connectivity index (χ0) is 14.8. The first kappa shape index (κ1) is 18.8. The van der Waals surface area contributed by atoms with Gasteiger partial charge in [0.1, 0.15) is 0 Å². The van der Waals surface area contributed by atoms with E-state index >= 15 is 0 Å². The van der Waals surface area contributed by atoms with Gasteiger partial charge in [0.25, 0.3) is 0 Å². The van der Waals surface area contributed by atoms with Crippen molar-refractivity contribution in [1.29, 1.82) is 0 Å². The van der Waals surface area contributed by atoms with E-state index in [9.17, 15) is 10.4 Å². The van der Waals surface area contributed by atoms with Gasteiger partial charge >= 0.3 is 17.1 Å². The number of hydrogen-bond acceptors (Lipinski definition) is 6. The number of pyridine rings is 2. The fraction of sp³-hybridized carbons (Fsp3) is 0.143. The summed E-state index contributed by atoms with van der Waals surface area (Å²) in [6, 6.07) is 10.7. The SMILES string of the molecule is C/C(=N/[O-])c1ccccn1.C/C(=N\[O-])c1ccccn1.[Mn+2]. The summed E-state index contributed by atoms with van der Waals surface area (Å²) in [6.45, 7) is 3.27. The van der Waals surface area contributed by atoms with E-state index in [0.29, 0.717) is 22.8 Å². The maximum Gasteiger partial charge on any atom is 2.00 e. The third kappa shape index (κ3) is 6.65. The van der Waals surface area contributed by atoms with Crippen molar-refractivity contribution in [2.45, 2.75) is 13.8 Å². The quantitative estimate of drug-likeness (QED) is 0.482. The summed E-state index contributed by atoms with van der Waals surface area (Å²) >= 11 is 0. The van der Waals surface area contributed by atoms with Gasteiger partial charge in [-0.1, -0.05) is 12.1 Å². The molecule has 0 aliphatic rings. The van der Waals surface area contributed by atoms with E-state index in [1.807, 2.05) is 12.1 Å². The standard InChI is InChI=1S/2C7H8N2O.Mn/c2*1-6(9-10)7-4-2-3-5-8-7;/h2*2-5,10H,1H3;/q;;+2/p-2/b9-6+;9-6-;. The van der Waals surface area contributed by atoms with Crippen LogP contribution in [0.25, 0.3) is 0 Å². The van der Waals surface area contributed by atoms with Crippen LogP contribution in [0.4, 0.5) is 0 Å². The molecule has 0 fully saturated rings. The molecule has 21 heavy (non-hydrogen) atoms. The van der Waals surface area contributed by atoms with Crippen molar-refractivity contribution in [1.82, 2.24) is 9.97 Å². The monoisotopic (exact) mass is 325 g/mol. The Labute approximate surface area is 133 Å². The summed E-state index contributed by atoms with van der Waals surface area (Å²) in [5.74, 6) is 0. The fourth-order valence-corrected chi connectivity index (χ4v) is 1.25. The summed E-state index contributed by atoms with van der Waals surface area (Å²) < 4.78 is 0. The van der Waals surface area contributed by atoms with Crippen LogP contribution < -0.4 is 0 Å². The summed E-state index contributed by atoms with van der Waals surface area (Å²) in [4.78, 5) is 7.84. The van der Waals surface area contributed by atoms with Crippen LogP contribution in [-0.2, 0) is 17.1 Å². The van der Waals surface area contributed by atoms with Crippen LogP contribution in [-0.4, -0.2) is 21.4 Å². The second kappa shape index (κ2) is 10.5. The van der Waals surface area contributed by atoms with Crippen LogP contribution in [0, 0.1) is 10.4 Å². The van der Waals surface area contributed by atoms with E-state index < -0.39 is 0 Å². The van der Waals surface area contributed by atoms with Crippen molar-refractivity contribution in [2.24, 2.45) is 10.3 Å². The van der Waals surface area contributed by atoms with Crippen LogP contribution in [0.1, 0.15) is 25.2 Å². The van der Waals surface area contributed by atoms with E-state index in [2.05, 4.69) is 20.3 Å². The molecule has 0 aliphatic heterocycles. The van der Waals surface area contributed by atoms with E-state index in [-0.39, 0.29) is 17.1 Å². The normalized spacial score (nSPS) is 11.0. The van der Waals surface area contributed by atoms with Crippen molar-refractivity contribution >= 4 is 11.4 Å². The molecule has 0 spiro atoms. The molecular formula is C14H14MnN4O2. The summed E-state index contributed by atoms with van der Waals surface area (Å²) in [5, 5.41) is 25.5. The van der Waals surface area contributed by atoms with Gasteiger partial charge in [0, 0.05) is 12.4 Å². The Morgan fingerprint density at radius 1 is 0.810 bits per heavy atom. The predicted octanol–water partition coefficient (Wildman–Crippen LogP) is 2.77. The number of nitrogens with zero attached hydrogens (tertiary/aromatic N) is 4. The average Bonchev–Trinajstić information content (AvgIpc) is 2.55. The van der Waals surface area contributed by atoms with Gasteiger partial charge in [0.15, 0.2) is 0 Å². The summed E-state index contributed by atoms with van der Waals surface area (Å²) in [7, 11) is 0. The molecule has 0 unspecified atom stereocenters. The maximum atomic E-state index is 9.98. The van der Waals surface area contributed by atoms with Gasteiger partial charge in [0.2, 0.25) is 0 Å². The first-order chi connectivity index (χ1) is 9.69. The van der Waals surface area contributed by atoms with Gasteiger partial charge in [-0.2, -0.15) is 0 Å². The van der Waals surface area contributed by atoms with E-state index in [1.54, 1.807) is 50.5 Å². The molecule has 0 atom stereocenters. The van der Waals surface area contributed by atoms with E-state index in [1.165, 1.54) is 0 Å². The molecule has 0 bridgehead atoms. The second-order valence-corrected chi connectivity index (χ2v) is 3.78. The fourth-order valence-electron chi connectivity index (χ4n) is 1.25. The third-order valence-corrected chi connectivity index (χ3v) is 2.35. The van der Waals surface area contributed by atoms with Crippen LogP contribution in [0.5, 0.6) is 0 Å². The Hall–Kier alpha value is -2.24. The number of hydrogen-bond donors (Lipinski definition) is 0. The summed E-state index contributed by atoms with van der Waals surface area (Å²) in [5.41, 5.74) is 2.11. The molecule has 0 saturated heterocycles. The van der Waals surface area contributed by atoms with Gasteiger partial charge in [0.05, 0.1) is 22.8 Å². The van der Waals surface area contributed by atoms with Gasteiger partial charge in [-0.3, -0.25) is 9.97 Å². The zero-order valence-corrected chi connectivity index (χ0v) is 12.8. The van der Waals surface area contributed by atoms with E-state index in [0.717, 1.165) is 0 Å². The Balaban J connectivity index is 0.000000364. The van der Waals surface area contributed by atoms with Crippen molar-refractivity contribution in [3.05, 3.63) is 70.6 Å². The van der Waals surface area contributed by atoms with Crippen LogP contribution in [0.3, 0.4) is 0 Å². The van der Waals surface area contributed by atoms with Crippen LogP contribution >= 0.6 is 0 Å². The Morgan fingerprint density at radius 3 is 1.43 bits per heavy atom. The molecule has 6 nitrogen and oxygen atoms in total. The molecule has 2 rings (SSSR count). The minimum atomic E-state index is 0. The van der Waals surface area contributed by atoms with E-state index in [4.69, 9.17) is 0 Å². The Bertz CT molecular complexity index is 521. The van der Waals surface area contributed by atoms with Gasteiger partial charge in [-0.15, -0.1) is 0 Å². The molecule has 109 valence electrons. The van der Waals surface area contributed by atoms with Crippen molar-refractivity contribution in [3.8, 4) is 0 Å². The molecule has 2 aromatic heterocycles. The van der Waals surface area contributed by atoms with Gasteiger partial charge in [-0.25, -0.2) is 0 Å². The van der Waals surface area contributed by atoms with Gasteiger partial charge < -0.3 is 20.7 Å². The third-order valence-electron chi connectivity index (χ3n) is 2.35. The Kier molecular flexibility index (Phi) is 9.41. The molecular weight excluding hydrogens is 311 g/mol. The second-order valence-electron chi connectivity index (χ2n) is 3.78. The van der Waals surface area contributed by atoms with Crippen LogP contribution in [0.2, 0.25) is 0 Å². The predicted molar refractivity (Wildman–Crippen MR) is 79.6 cm³/mol. The minimum absolute atomic E-state index is 0. The molecule has 2 aromatic rings. The minimum Gasteiger partial charge on any atom is -0.792 e. The van der Waals surface area contributed by atoms with Crippen molar-refractivity contribution in [2.75, 3.05) is 0 Å². The van der Waals surface area contributed by atoms with Gasteiger partial charge in [-0.05, 0) is 38.1 Å². The first-order valence-corrected chi connectivity index (χ1v) is 5.85. The Morgan fingerprint density at radius 2 is 1.19 bits per heavy atom. The molecule has 0 aromatic carbocycles. The smallest absolute Gasteiger partial charge is 0.792 e. The summed E-state index contributed by atoms with van der Waals surface area (Å²) in [6.07, 6.45) is 3.26. The molecule has 1 radical (unpaired) electrons. The average molecular weight is 325 g/mol. The topological polar surface area (TPSA) is 96.6 Å². The molecule has 0 saturated carbocycles. The molecule has 0 amide bonds. The van der Waals surface area contributed by atoms with Crippen molar-refractivity contribution in [3.63, 3.8) is 0 Å². The number of aromatic nitrogens is 2. The zero-order valence-electron chi connectivity index (χ0n) is 11.6. The first-order valence-electron chi connectivity index (χ1n) is 5.85. The molecule has 2 heterocycles. The van der Waals surface area contributed by atoms with Crippen LogP contribution in [0.15, 0.2) is 59.1 Å². The molecule has 0 aliphatic carbocycles. The molecule has 7 heteroatoms. The molecule has 0 N–H and O–H groups in total. The maximum absolute atomic E-state index is 9.98.